The average molecular weight is 229 g/mol. The van der Waals surface area contributed by atoms with E-state index in [1.807, 2.05) is 13.8 Å². The zero-order valence-electron chi connectivity index (χ0n) is 10.4. The Hall–Kier alpha value is -0.650. The van der Waals surface area contributed by atoms with E-state index in [4.69, 9.17) is 10.5 Å². The zero-order chi connectivity index (χ0) is 12.1. The second kappa shape index (κ2) is 6.18. The molecule has 0 spiro atoms. The largest absolute Gasteiger partial charge is 0.380 e. The van der Waals surface area contributed by atoms with Crippen molar-refractivity contribution in [3.05, 3.63) is 0 Å². The Bertz CT molecular complexity index is 233. The van der Waals surface area contributed by atoms with Crippen LogP contribution in [0.1, 0.15) is 20.3 Å². The van der Waals surface area contributed by atoms with Gasteiger partial charge in [0.1, 0.15) is 0 Å². The lowest BCUT2D eigenvalue weighted by Crippen LogP contribution is -2.51. The summed E-state index contributed by atoms with van der Waals surface area (Å²) in [7, 11) is 1.73. The molecule has 0 aromatic carbocycles. The lowest BCUT2D eigenvalue weighted by Gasteiger charge is -2.24. The number of ether oxygens (including phenoxy) is 1. The number of hydrogen-bond donors (Lipinski definition) is 2. The van der Waals surface area contributed by atoms with Crippen molar-refractivity contribution in [1.29, 1.82) is 0 Å². The number of hydrogen-bond acceptors (Lipinski definition) is 4. The van der Waals surface area contributed by atoms with Gasteiger partial charge in [0, 0.05) is 32.8 Å². The summed E-state index contributed by atoms with van der Waals surface area (Å²) in [4.78, 5) is 13.5. The molecule has 3 N–H and O–H groups in total. The summed E-state index contributed by atoms with van der Waals surface area (Å²) in [6, 6.07) is -0.00562. The third-order valence-corrected chi connectivity index (χ3v) is 2.88. The lowest BCUT2D eigenvalue weighted by atomic mass is 10.2. The fraction of sp³-hybridized carbons (Fsp3) is 0.909. The van der Waals surface area contributed by atoms with Gasteiger partial charge in [-0.15, -0.1) is 0 Å². The molecule has 1 fully saturated rings. The number of carbonyl (C=O) groups excluding carboxylic acids is 1. The fourth-order valence-electron chi connectivity index (χ4n) is 2.04. The van der Waals surface area contributed by atoms with Gasteiger partial charge in [-0.1, -0.05) is 13.8 Å². The van der Waals surface area contributed by atoms with E-state index < -0.39 is 0 Å². The predicted octanol–water partition coefficient (Wildman–Crippen LogP) is -0.441. The SMILES string of the molecule is COC1CCN(CC(NC(C)C)C(N)=O)C1. The highest BCUT2D eigenvalue weighted by atomic mass is 16.5. The second-order valence-corrected chi connectivity index (χ2v) is 4.68. The number of amides is 1. The second-order valence-electron chi connectivity index (χ2n) is 4.68. The maximum atomic E-state index is 11.3. The minimum atomic E-state index is -0.283. The minimum Gasteiger partial charge on any atom is -0.380 e. The van der Waals surface area contributed by atoms with Crippen LogP contribution < -0.4 is 11.1 Å². The first-order valence-electron chi connectivity index (χ1n) is 5.83. The highest BCUT2D eigenvalue weighted by Gasteiger charge is 2.26. The van der Waals surface area contributed by atoms with Crippen LogP contribution in [0.4, 0.5) is 0 Å². The first-order valence-corrected chi connectivity index (χ1v) is 5.83. The highest BCUT2D eigenvalue weighted by molar-refractivity contribution is 5.80. The van der Waals surface area contributed by atoms with Gasteiger partial charge in [-0.05, 0) is 6.42 Å². The molecule has 5 nitrogen and oxygen atoms in total. The molecular weight excluding hydrogens is 206 g/mol. The third kappa shape index (κ3) is 4.08. The average Bonchev–Trinajstić information content (AvgIpc) is 2.63. The number of primary amides is 1. The highest BCUT2D eigenvalue weighted by Crippen LogP contribution is 2.11. The van der Waals surface area contributed by atoms with E-state index in [0.717, 1.165) is 19.5 Å². The Morgan fingerprint density at radius 3 is 2.75 bits per heavy atom. The van der Waals surface area contributed by atoms with E-state index in [-0.39, 0.29) is 18.0 Å². The van der Waals surface area contributed by atoms with Crippen molar-refractivity contribution in [1.82, 2.24) is 10.2 Å². The lowest BCUT2D eigenvalue weighted by molar-refractivity contribution is -0.120. The Morgan fingerprint density at radius 2 is 2.31 bits per heavy atom. The molecule has 0 aromatic heterocycles. The molecule has 0 bridgehead atoms. The van der Waals surface area contributed by atoms with Crippen molar-refractivity contribution in [2.45, 2.75) is 38.5 Å². The number of nitrogens with two attached hydrogens (primary N) is 1. The molecule has 1 amide bonds. The summed E-state index contributed by atoms with van der Waals surface area (Å²) in [5.74, 6) is -0.283. The number of carbonyl (C=O) groups is 1. The summed E-state index contributed by atoms with van der Waals surface area (Å²) in [6.45, 7) is 6.56. The molecule has 2 unspecified atom stereocenters. The van der Waals surface area contributed by atoms with Gasteiger partial charge in [0.05, 0.1) is 12.1 Å². The van der Waals surface area contributed by atoms with Gasteiger partial charge in [0.15, 0.2) is 0 Å². The normalized spacial score (nSPS) is 23.9. The number of nitrogens with one attached hydrogen (secondary N) is 1. The molecule has 1 saturated heterocycles. The van der Waals surface area contributed by atoms with Crippen molar-refractivity contribution in [2.75, 3.05) is 26.7 Å². The molecule has 2 atom stereocenters. The van der Waals surface area contributed by atoms with E-state index in [1.165, 1.54) is 0 Å². The van der Waals surface area contributed by atoms with Gasteiger partial charge < -0.3 is 15.8 Å². The summed E-state index contributed by atoms with van der Waals surface area (Å²) in [6.07, 6.45) is 1.33. The van der Waals surface area contributed by atoms with Crippen molar-refractivity contribution in [2.24, 2.45) is 5.73 Å². The van der Waals surface area contributed by atoms with Crippen LogP contribution in [0.2, 0.25) is 0 Å². The van der Waals surface area contributed by atoms with Gasteiger partial charge >= 0.3 is 0 Å². The zero-order valence-corrected chi connectivity index (χ0v) is 10.4. The van der Waals surface area contributed by atoms with E-state index in [9.17, 15) is 4.79 Å². The minimum absolute atomic E-state index is 0.262. The van der Waals surface area contributed by atoms with E-state index in [0.29, 0.717) is 12.6 Å². The molecule has 5 heteroatoms. The molecule has 16 heavy (non-hydrogen) atoms. The number of rotatable bonds is 6. The van der Waals surface area contributed by atoms with Crippen LogP contribution >= 0.6 is 0 Å². The Kier molecular flexibility index (Phi) is 5.18. The maximum absolute atomic E-state index is 11.3. The topological polar surface area (TPSA) is 67.6 Å². The van der Waals surface area contributed by atoms with Gasteiger partial charge in [0.25, 0.3) is 0 Å². The molecule has 94 valence electrons. The molecule has 1 rings (SSSR count). The Morgan fingerprint density at radius 1 is 1.62 bits per heavy atom. The molecule has 1 aliphatic rings. The van der Waals surface area contributed by atoms with Crippen LogP contribution in [-0.4, -0.2) is 55.7 Å². The summed E-state index contributed by atoms with van der Waals surface area (Å²) in [5, 5.41) is 3.18. The molecule has 0 aliphatic carbocycles. The molecule has 0 aromatic rings. The smallest absolute Gasteiger partial charge is 0.235 e. The van der Waals surface area contributed by atoms with E-state index >= 15 is 0 Å². The number of methoxy groups -OCH3 is 1. The van der Waals surface area contributed by atoms with Crippen LogP contribution in [0.5, 0.6) is 0 Å². The molecule has 0 saturated carbocycles. The van der Waals surface area contributed by atoms with Crippen molar-refractivity contribution in [3.8, 4) is 0 Å². The maximum Gasteiger partial charge on any atom is 0.235 e. The van der Waals surface area contributed by atoms with Gasteiger partial charge in [-0.2, -0.15) is 0 Å². The number of nitrogens with zero attached hydrogens (tertiary/aromatic N) is 1. The van der Waals surface area contributed by atoms with E-state index in [2.05, 4.69) is 10.2 Å². The van der Waals surface area contributed by atoms with Crippen LogP contribution in [-0.2, 0) is 9.53 Å². The summed E-state index contributed by atoms with van der Waals surface area (Å²) in [5.41, 5.74) is 5.37. The predicted molar refractivity (Wildman–Crippen MR) is 63.1 cm³/mol. The Balaban J connectivity index is 2.40. The Labute approximate surface area is 97.3 Å². The van der Waals surface area contributed by atoms with Crippen molar-refractivity contribution < 1.29 is 9.53 Å². The molecule has 1 heterocycles. The molecule has 0 radical (unpaired) electrons. The van der Waals surface area contributed by atoms with Crippen molar-refractivity contribution >= 4 is 5.91 Å². The van der Waals surface area contributed by atoms with Crippen LogP contribution in [0, 0.1) is 0 Å². The monoisotopic (exact) mass is 229 g/mol. The first kappa shape index (κ1) is 13.4. The van der Waals surface area contributed by atoms with Crippen LogP contribution in [0.15, 0.2) is 0 Å². The van der Waals surface area contributed by atoms with Crippen molar-refractivity contribution in [3.63, 3.8) is 0 Å². The summed E-state index contributed by atoms with van der Waals surface area (Å²) >= 11 is 0. The quantitative estimate of drug-likeness (QED) is 0.648. The standard InChI is InChI=1S/C11H23N3O2/c1-8(2)13-10(11(12)15)7-14-5-4-9(6-14)16-3/h8-10,13H,4-7H2,1-3H3,(H2,12,15). The van der Waals surface area contributed by atoms with Crippen LogP contribution in [0.25, 0.3) is 0 Å². The third-order valence-electron chi connectivity index (χ3n) is 2.88. The summed E-state index contributed by atoms with van der Waals surface area (Å²) < 4.78 is 5.29. The van der Waals surface area contributed by atoms with Gasteiger partial charge in [0.2, 0.25) is 5.91 Å². The fourth-order valence-corrected chi connectivity index (χ4v) is 2.04. The van der Waals surface area contributed by atoms with E-state index in [1.54, 1.807) is 7.11 Å². The molecular formula is C11H23N3O2. The van der Waals surface area contributed by atoms with Crippen LogP contribution in [0.3, 0.4) is 0 Å². The first-order chi connectivity index (χ1) is 7.52. The van der Waals surface area contributed by atoms with Gasteiger partial charge in [-0.3, -0.25) is 9.69 Å². The number of likely N-dealkylation sites (tertiary alicyclic amines) is 1. The van der Waals surface area contributed by atoms with Gasteiger partial charge in [-0.25, -0.2) is 0 Å². The molecule has 1 aliphatic heterocycles.